The standard InChI is InChI=1S/C16H15N3S.C14H12N4S.C13H10N4S/c1-11-5-7-13(8-6-11)14-10-20-16(18-14)19-15-12(2)4-3-9-17-15;1-10-5-7-16-13(8-10)18-14-17-12(9-19-14)11-4-2-3-6-15-11;1-3-7-14-10(5-1)11-9-18-13(16-11)17-12-6-2-4-8-15-12/h3-10H,1-2H3,(H,17,18,19);2-9H,1H3,(H,16,17,18);1-9H,(H,15,16,17). The monoisotopic (exact) mass is 803 g/mol. The molecule has 1 aromatic carbocycles. The lowest BCUT2D eigenvalue weighted by molar-refractivity contribution is 1.24. The van der Waals surface area contributed by atoms with Crippen LogP contribution in [0.5, 0.6) is 0 Å². The van der Waals surface area contributed by atoms with Crippen molar-refractivity contribution in [2.24, 2.45) is 0 Å². The number of benzene rings is 1. The minimum Gasteiger partial charge on any atom is -0.316 e. The number of aryl methyl sites for hydroxylation is 3. The Morgan fingerprint density at radius 3 is 1.53 bits per heavy atom. The van der Waals surface area contributed by atoms with Crippen LogP contribution >= 0.6 is 34.0 Å². The maximum atomic E-state index is 4.61. The highest BCUT2D eigenvalue weighted by molar-refractivity contribution is 7.14. The normalized spacial score (nSPS) is 10.4. The van der Waals surface area contributed by atoms with Gasteiger partial charge in [-0.25, -0.2) is 29.9 Å². The van der Waals surface area contributed by atoms with Crippen LogP contribution in [0, 0.1) is 20.8 Å². The van der Waals surface area contributed by atoms with Gasteiger partial charge in [-0.05, 0) is 86.5 Å². The van der Waals surface area contributed by atoms with Gasteiger partial charge in [0.25, 0.3) is 0 Å². The number of hydrogen-bond donors (Lipinski definition) is 3. The van der Waals surface area contributed by atoms with Gasteiger partial charge in [0.1, 0.15) is 28.8 Å². The van der Waals surface area contributed by atoms with Crippen LogP contribution in [0.1, 0.15) is 16.7 Å². The van der Waals surface area contributed by atoms with Gasteiger partial charge in [0.15, 0.2) is 15.4 Å². The van der Waals surface area contributed by atoms with E-state index in [9.17, 15) is 0 Å². The zero-order valence-electron chi connectivity index (χ0n) is 31.2. The molecule has 9 aromatic rings. The molecule has 0 aliphatic heterocycles. The Balaban J connectivity index is 0.000000131. The van der Waals surface area contributed by atoms with Gasteiger partial charge in [-0.3, -0.25) is 9.97 Å². The first-order valence-corrected chi connectivity index (χ1v) is 20.4. The number of pyridine rings is 5. The zero-order chi connectivity index (χ0) is 39.2. The van der Waals surface area contributed by atoms with Gasteiger partial charge in [0, 0.05) is 52.7 Å². The van der Waals surface area contributed by atoms with Gasteiger partial charge in [0.05, 0.1) is 17.1 Å². The van der Waals surface area contributed by atoms with Gasteiger partial charge >= 0.3 is 0 Å². The summed E-state index contributed by atoms with van der Waals surface area (Å²) < 4.78 is 0. The van der Waals surface area contributed by atoms with Crippen LogP contribution in [-0.4, -0.2) is 39.9 Å². The van der Waals surface area contributed by atoms with E-state index in [0.717, 1.165) is 72.4 Å². The van der Waals surface area contributed by atoms with Crippen molar-refractivity contribution in [3.63, 3.8) is 0 Å². The molecular formula is C43H37N11S3. The number of rotatable bonds is 9. The maximum Gasteiger partial charge on any atom is 0.188 e. The second-order valence-electron chi connectivity index (χ2n) is 12.4. The molecule has 57 heavy (non-hydrogen) atoms. The molecule has 0 bridgehead atoms. The van der Waals surface area contributed by atoms with E-state index in [1.54, 1.807) is 53.7 Å². The Morgan fingerprint density at radius 2 is 0.947 bits per heavy atom. The number of thiazole rings is 3. The summed E-state index contributed by atoms with van der Waals surface area (Å²) in [6.07, 6.45) is 8.84. The zero-order valence-corrected chi connectivity index (χ0v) is 33.7. The Labute approximate surface area is 342 Å². The predicted octanol–water partition coefficient (Wildman–Crippen LogP) is 11.6. The lowest BCUT2D eigenvalue weighted by atomic mass is 10.1. The maximum absolute atomic E-state index is 4.61. The van der Waals surface area contributed by atoms with Crippen molar-refractivity contribution in [2.75, 3.05) is 16.0 Å². The van der Waals surface area contributed by atoms with Crippen molar-refractivity contribution in [1.29, 1.82) is 0 Å². The number of aromatic nitrogens is 8. The molecule has 11 nitrogen and oxygen atoms in total. The third kappa shape index (κ3) is 11.2. The SMILES string of the molecule is Cc1ccc(-c2csc(Nc3ncccc3C)n2)cc1.Cc1ccnc(Nc2nc(-c3ccccn3)cs2)c1.c1ccc(Nc2nc(-c3ccccn3)cs2)nc1. The lowest BCUT2D eigenvalue weighted by Gasteiger charge is -2.04. The van der Waals surface area contributed by atoms with Crippen LogP contribution in [0.2, 0.25) is 0 Å². The summed E-state index contributed by atoms with van der Waals surface area (Å²) in [6, 6.07) is 33.6. The summed E-state index contributed by atoms with van der Waals surface area (Å²) >= 11 is 4.67. The van der Waals surface area contributed by atoms with E-state index in [0.29, 0.717) is 0 Å². The molecule has 0 amide bonds. The molecule has 3 N–H and O–H groups in total. The van der Waals surface area contributed by atoms with Crippen molar-refractivity contribution < 1.29 is 0 Å². The average molecular weight is 804 g/mol. The topological polar surface area (TPSA) is 139 Å². The molecule has 0 unspecified atom stereocenters. The van der Waals surface area contributed by atoms with Crippen molar-refractivity contribution in [3.05, 3.63) is 167 Å². The van der Waals surface area contributed by atoms with Gasteiger partial charge in [-0.2, -0.15) is 0 Å². The fourth-order valence-corrected chi connectivity index (χ4v) is 7.23. The first-order chi connectivity index (χ1) is 27.9. The van der Waals surface area contributed by atoms with Crippen LogP contribution in [-0.2, 0) is 0 Å². The summed E-state index contributed by atoms with van der Waals surface area (Å²) in [5, 5.41) is 18.2. The third-order valence-electron chi connectivity index (χ3n) is 8.00. The Hall–Kier alpha value is -6.74. The fraction of sp³-hybridized carbons (Fsp3) is 0.0698. The highest BCUT2D eigenvalue weighted by Gasteiger charge is 2.08. The van der Waals surface area contributed by atoms with Gasteiger partial charge in [0.2, 0.25) is 0 Å². The number of nitrogens with zero attached hydrogens (tertiary/aromatic N) is 8. The summed E-state index contributed by atoms with van der Waals surface area (Å²) in [4.78, 5) is 34.9. The number of anilines is 6. The Bertz CT molecular complexity index is 2590. The van der Waals surface area contributed by atoms with E-state index < -0.39 is 0 Å². The van der Waals surface area contributed by atoms with Crippen LogP contribution < -0.4 is 16.0 Å². The smallest absolute Gasteiger partial charge is 0.188 e. The van der Waals surface area contributed by atoms with E-state index in [1.807, 2.05) is 103 Å². The Morgan fingerprint density at radius 1 is 0.404 bits per heavy atom. The van der Waals surface area contributed by atoms with Crippen molar-refractivity contribution in [3.8, 4) is 34.0 Å². The van der Waals surface area contributed by atoms with Gasteiger partial charge in [-0.1, -0.05) is 54.1 Å². The molecule has 0 spiro atoms. The first-order valence-electron chi connectivity index (χ1n) is 17.8. The summed E-state index contributed by atoms with van der Waals surface area (Å²) in [5.74, 6) is 2.46. The van der Waals surface area contributed by atoms with Gasteiger partial charge < -0.3 is 16.0 Å². The van der Waals surface area contributed by atoms with Crippen molar-refractivity contribution in [2.45, 2.75) is 20.8 Å². The van der Waals surface area contributed by atoms with Crippen LogP contribution in [0.4, 0.5) is 32.8 Å². The molecule has 0 saturated heterocycles. The van der Waals surface area contributed by atoms with E-state index in [4.69, 9.17) is 0 Å². The number of hydrogen-bond acceptors (Lipinski definition) is 14. The third-order valence-corrected chi connectivity index (χ3v) is 10.3. The molecule has 0 saturated carbocycles. The van der Waals surface area contributed by atoms with E-state index in [-0.39, 0.29) is 0 Å². The van der Waals surface area contributed by atoms with Crippen LogP contribution in [0.3, 0.4) is 0 Å². The first kappa shape index (κ1) is 38.5. The van der Waals surface area contributed by atoms with Crippen LogP contribution in [0.25, 0.3) is 34.0 Å². The second-order valence-corrected chi connectivity index (χ2v) is 15.0. The van der Waals surface area contributed by atoms with Gasteiger partial charge in [-0.15, -0.1) is 34.0 Å². The molecule has 8 aromatic heterocycles. The van der Waals surface area contributed by atoms with E-state index >= 15 is 0 Å². The quantitative estimate of drug-likeness (QED) is 0.128. The van der Waals surface area contributed by atoms with Crippen LogP contribution in [0.15, 0.2) is 150 Å². The lowest BCUT2D eigenvalue weighted by Crippen LogP contribution is -1.95. The Kier molecular flexibility index (Phi) is 13.0. The molecule has 0 aliphatic carbocycles. The predicted molar refractivity (Wildman–Crippen MR) is 235 cm³/mol. The molecular weight excluding hydrogens is 767 g/mol. The highest BCUT2D eigenvalue weighted by atomic mass is 32.1. The second kappa shape index (κ2) is 19.2. The van der Waals surface area contributed by atoms with E-state index in [1.165, 1.54) is 22.5 Å². The summed E-state index contributed by atoms with van der Waals surface area (Å²) in [6.45, 7) is 6.15. The summed E-state index contributed by atoms with van der Waals surface area (Å²) in [7, 11) is 0. The molecule has 0 atom stereocenters. The van der Waals surface area contributed by atoms with Crippen molar-refractivity contribution >= 4 is 66.9 Å². The molecule has 0 fully saturated rings. The average Bonchev–Trinajstić information content (AvgIpc) is 4.03. The van der Waals surface area contributed by atoms with E-state index in [2.05, 4.69) is 92.4 Å². The number of nitrogens with one attached hydrogen (secondary N) is 3. The largest absolute Gasteiger partial charge is 0.316 e. The fourth-order valence-electron chi connectivity index (χ4n) is 5.09. The molecule has 14 heteroatoms. The molecule has 0 radical (unpaired) electrons. The molecule has 9 rings (SSSR count). The summed E-state index contributed by atoms with van der Waals surface area (Å²) in [5.41, 5.74) is 9.17. The minimum atomic E-state index is 0.791. The van der Waals surface area contributed by atoms with Crippen molar-refractivity contribution in [1.82, 2.24) is 39.9 Å². The highest BCUT2D eigenvalue weighted by Crippen LogP contribution is 2.29. The molecule has 0 aliphatic rings. The molecule has 8 heterocycles. The minimum absolute atomic E-state index is 0.791. The molecule has 282 valence electrons.